The van der Waals surface area contributed by atoms with E-state index in [4.69, 9.17) is 0 Å². The second kappa shape index (κ2) is 7.46. The molecule has 1 aromatic carbocycles. The first kappa shape index (κ1) is 18.6. The maximum Gasteiger partial charge on any atom is 0.381 e. The van der Waals surface area contributed by atoms with Gasteiger partial charge in [-0.05, 0) is 22.4 Å². The van der Waals surface area contributed by atoms with Crippen molar-refractivity contribution in [1.82, 2.24) is 14.9 Å². The number of nitrogens with zero attached hydrogens (tertiary/aromatic N) is 3. The molecule has 0 spiro atoms. The van der Waals surface area contributed by atoms with E-state index in [0.717, 1.165) is 5.56 Å². The third-order valence-electron chi connectivity index (χ3n) is 4.71. The van der Waals surface area contributed by atoms with E-state index in [9.17, 15) is 14.9 Å². The molecule has 7 heteroatoms. The van der Waals surface area contributed by atoms with Gasteiger partial charge in [-0.15, -0.1) is 0 Å². The lowest BCUT2D eigenvalue weighted by molar-refractivity contribution is -0.389. The van der Waals surface area contributed by atoms with Crippen LogP contribution in [0.3, 0.4) is 0 Å². The highest BCUT2D eigenvalue weighted by molar-refractivity contribution is 5.76. The molecule has 0 unspecified atom stereocenters. The van der Waals surface area contributed by atoms with Gasteiger partial charge in [0.1, 0.15) is 6.20 Å². The molecule has 134 valence electrons. The number of hydrogen-bond acceptors (Lipinski definition) is 4. The number of amides is 1. The van der Waals surface area contributed by atoms with Crippen molar-refractivity contribution in [2.24, 2.45) is 0 Å². The van der Waals surface area contributed by atoms with Crippen molar-refractivity contribution in [1.29, 1.82) is 0 Å². The van der Waals surface area contributed by atoms with E-state index in [1.807, 2.05) is 25.1 Å². The van der Waals surface area contributed by atoms with Crippen LogP contribution in [0.25, 0.3) is 0 Å². The highest BCUT2D eigenvalue weighted by atomic mass is 16.6. The summed E-state index contributed by atoms with van der Waals surface area (Å²) in [7, 11) is 0. The van der Waals surface area contributed by atoms with E-state index in [-0.39, 0.29) is 29.6 Å². The molecule has 0 aliphatic carbocycles. The molecule has 1 amide bonds. The number of nitro groups is 1. The van der Waals surface area contributed by atoms with Crippen LogP contribution in [0, 0.1) is 17.0 Å². The first-order valence-electron chi connectivity index (χ1n) is 8.25. The molecule has 25 heavy (non-hydrogen) atoms. The molecule has 0 radical (unpaired) electrons. The molecule has 0 saturated heterocycles. The quantitative estimate of drug-likeness (QED) is 0.617. The number of carbonyl (C=O) groups is 1. The molecule has 0 aliphatic heterocycles. The summed E-state index contributed by atoms with van der Waals surface area (Å²) in [5.74, 6) is 0.237. The smallest absolute Gasteiger partial charge is 0.358 e. The fraction of sp³-hybridized carbons (Fsp3) is 0.444. The summed E-state index contributed by atoms with van der Waals surface area (Å²) in [4.78, 5) is 26.4. The van der Waals surface area contributed by atoms with Gasteiger partial charge in [0.15, 0.2) is 0 Å². The molecule has 1 N–H and O–H groups in total. The van der Waals surface area contributed by atoms with Crippen LogP contribution in [0.5, 0.6) is 0 Å². The Hall–Kier alpha value is -2.70. The van der Waals surface area contributed by atoms with Crippen molar-refractivity contribution < 1.29 is 9.72 Å². The van der Waals surface area contributed by atoms with Crippen molar-refractivity contribution in [2.45, 2.75) is 52.1 Å². The summed E-state index contributed by atoms with van der Waals surface area (Å²) in [5.41, 5.74) is 0.949. The Bertz CT molecular complexity index is 753. The summed E-state index contributed by atoms with van der Waals surface area (Å²) in [6.07, 6.45) is 1.60. The molecule has 0 aliphatic rings. The van der Waals surface area contributed by atoms with Crippen LogP contribution in [0.4, 0.5) is 5.82 Å². The third-order valence-corrected chi connectivity index (χ3v) is 4.71. The first-order valence-corrected chi connectivity index (χ1v) is 8.25. The number of rotatable bonds is 7. The van der Waals surface area contributed by atoms with Crippen molar-refractivity contribution in [3.05, 3.63) is 58.0 Å². The molecule has 2 aromatic rings. The first-order chi connectivity index (χ1) is 11.7. The van der Waals surface area contributed by atoms with Crippen molar-refractivity contribution >= 4 is 11.7 Å². The van der Waals surface area contributed by atoms with Gasteiger partial charge < -0.3 is 20.0 Å². The minimum atomic E-state index is -0.534. The molecular weight excluding hydrogens is 320 g/mol. The van der Waals surface area contributed by atoms with Crippen LogP contribution in [-0.2, 0) is 16.8 Å². The van der Waals surface area contributed by atoms with Gasteiger partial charge in [0.2, 0.25) is 11.7 Å². The average Bonchev–Trinajstić information content (AvgIpc) is 2.95. The Morgan fingerprint density at radius 2 is 2.00 bits per heavy atom. The zero-order chi connectivity index (χ0) is 18.6. The number of benzene rings is 1. The molecular formula is C18H24N4O3. The van der Waals surface area contributed by atoms with Crippen LogP contribution in [0.2, 0.25) is 0 Å². The van der Waals surface area contributed by atoms with E-state index in [1.165, 1.54) is 6.20 Å². The lowest BCUT2D eigenvalue weighted by Crippen LogP contribution is -2.45. The number of nitrogens with one attached hydrogen (secondary N) is 1. The molecule has 1 atom stereocenters. The highest BCUT2D eigenvalue weighted by Crippen LogP contribution is 2.26. The van der Waals surface area contributed by atoms with Gasteiger partial charge in [0.25, 0.3) is 0 Å². The fourth-order valence-corrected chi connectivity index (χ4v) is 2.64. The van der Waals surface area contributed by atoms with Gasteiger partial charge >= 0.3 is 5.82 Å². The summed E-state index contributed by atoms with van der Waals surface area (Å²) >= 11 is 0. The Kier molecular flexibility index (Phi) is 5.56. The van der Waals surface area contributed by atoms with E-state index >= 15 is 0 Å². The molecule has 1 heterocycles. The predicted molar refractivity (Wildman–Crippen MR) is 95.3 cm³/mol. The highest BCUT2D eigenvalue weighted by Gasteiger charge is 2.29. The molecule has 7 nitrogen and oxygen atoms in total. The van der Waals surface area contributed by atoms with Crippen LogP contribution in [0.1, 0.15) is 38.6 Å². The molecule has 2 rings (SSSR count). The zero-order valence-corrected chi connectivity index (χ0v) is 15.0. The van der Waals surface area contributed by atoms with Crippen molar-refractivity contribution in [2.75, 3.05) is 0 Å². The van der Waals surface area contributed by atoms with E-state index < -0.39 is 4.92 Å². The Labute approximate surface area is 147 Å². The SMILES string of the molecule is Cc1nc([N+](=O)[O-])cn1CCC(=O)N[C@@H](C)C(C)(C)c1ccccc1. The minimum Gasteiger partial charge on any atom is -0.358 e. The maximum absolute atomic E-state index is 12.3. The number of imidazole rings is 1. The summed E-state index contributed by atoms with van der Waals surface area (Å²) < 4.78 is 1.63. The van der Waals surface area contributed by atoms with Gasteiger partial charge in [-0.1, -0.05) is 44.2 Å². The number of hydrogen-bond donors (Lipinski definition) is 1. The van der Waals surface area contributed by atoms with Gasteiger partial charge in [0, 0.05) is 31.3 Å². The van der Waals surface area contributed by atoms with Crippen LogP contribution >= 0.6 is 0 Å². The maximum atomic E-state index is 12.3. The van der Waals surface area contributed by atoms with Gasteiger partial charge in [-0.25, -0.2) is 0 Å². The zero-order valence-electron chi connectivity index (χ0n) is 15.0. The van der Waals surface area contributed by atoms with Gasteiger partial charge in [-0.2, -0.15) is 0 Å². The number of aromatic nitrogens is 2. The van der Waals surface area contributed by atoms with E-state index in [0.29, 0.717) is 12.4 Å². The Morgan fingerprint density at radius 3 is 2.56 bits per heavy atom. The topological polar surface area (TPSA) is 90.1 Å². The number of carbonyl (C=O) groups excluding carboxylic acids is 1. The molecule has 0 saturated carbocycles. The standard InChI is InChI=1S/C18H24N4O3/c1-13(18(3,4)15-8-6-5-7-9-15)19-17(23)10-11-21-12-16(22(24)25)20-14(21)2/h5-9,12-13H,10-11H2,1-4H3,(H,19,23)/t13-/m0/s1. The largest absolute Gasteiger partial charge is 0.381 e. The summed E-state index contributed by atoms with van der Waals surface area (Å²) in [5, 5.41) is 13.8. The van der Waals surface area contributed by atoms with Crippen molar-refractivity contribution in [3.8, 4) is 0 Å². The predicted octanol–water partition coefficient (Wildman–Crippen LogP) is 2.97. The van der Waals surface area contributed by atoms with Crippen molar-refractivity contribution in [3.63, 3.8) is 0 Å². The van der Waals surface area contributed by atoms with Crippen LogP contribution < -0.4 is 5.32 Å². The lowest BCUT2D eigenvalue weighted by Gasteiger charge is -2.33. The summed E-state index contributed by atoms with van der Waals surface area (Å²) in [6.45, 7) is 8.22. The lowest BCUT2D eigenvalue weighted by atomic mass is 9.78. The average molecular weight is 344 g/mol. The summed E-state index contributed by atoms with van der Waals surface area (Å²) in [6, 6.07) is 9.99. The number of aryl methyl sites for hydroxylation is 2. The monoisotopic (exact) mass is 344 g/mol. The minimum absolute atomic E-state index is 0.0550. The van der Waals surface area contributed by atoms with Crippen LogP contribution in [-0.4, -0.2) is 26.4 Å². The van der Waals surface area contributed by atoms with E-state index in [1.54, 1.807) is 11.5 Å². The third kappa shape index (κ3) is 4.43. The normalized spacial score (nSPS) is 12.6. The van der Waals surface area contributed by atoms with E-state index in [2.05, 4.69) is 36.3 Å². The Balaban J connectivity index is 1.95. The molecule has 0 bridgehead atoms. The second-order valence-electron chi connectivity index (χ2n) is 6.72. The molecule has 1 aromatic heterocycles. The van der Waals surface area contributed by atoms with Gasteiger partial charge in [-0.3, -0.25) is 4.79 Å². The van der Waals surface area contributed by atoms with Crippen LogP contribution in [0.15, 0.2) is 36.5 Å². The fourth-order valence-electron chi connectivity index (χ4n) is 2.64. The van der Waals surface area contributed by atoms with Gasteiger partial charge in [0.05, 0.1) is 0 Å². The molecule has 0 fully saturated rings. The second-order valence-corrected chi connectivity index (χ2v) is 6.72. The Morgan fingerprint density at radius 1 is 1.36 bits per heavy atom.